The first-order valence-electron chi connectivity index (χ1n) is 2.67. The van der Waals surface area contributed by atoms with Crippen molar-refractivity contribution in [1.29, 1.82) is 0 Å². The highest BCUT2D eigenvalue weighted by molar-refractivity contribution is 7.14. The maximum atomic E-state index is 4.07. The molecule has 0 aromatic carbocycles. The molecule has 0 spiro atoms. The van der Waals surface area contributed by atoms with Gasteiger partial charge in [0.2, 0.25) is 6.20 Å². The molecule has 0 N–H and O–H groups in total. The zero-order valence-electron chi connectivity index (χ0n) is 4.69. The van der Waals surface area contributed by atoms with Crippen LogP contribution in [0.5, 0.6) is 0 Å². The van der Waals surface area contributed by atoms with Gasteiger partial charge in [-0.25, -0.2) is 0 Å². The van der Waals surface area contributed by atoms with Gasteiger partial charge in [-0.05, 0) is 15.7 Å². The highest BCUT2D eigenvalue weighted by atomic mass is 32.1. The van der Waals surface area contributed by atoms with Crippen LogP contribution in [0.3, 0.4) is 0 Å². The van der Waals surface area contributed by atoms with Gasteiger partial charge in [-0.3, -0.25) is 0 Å². The van der Waals surface area contributed by atoms with E-state index in [9.17, 15) is 0 Å². The van der Waals surface area contributed by atoms with E-state index >= 15 is 0 Å². The minimum atomic E-state index is 1.18. The van der Waals surface area contributed by atoms with Gasteiger partial charge in [-0.2, -0.15) is 0 Å². The quantitative estimate of drug-likeness (QED) is 0.493. The number of nitrogens with zero attached hydrogens (tertiary/aromatic N) is 2. The predicted molar refractivity (Wildman–Crippen MR) is 35.3 cm³/mol. The van der Waals surface area contributed by atoms with E-state index in [1.807, 2.05) is 28.2 Å². The van der Waals surface area contributed by atoms with Crippen LogP contribution in [0.2, 0.25) is 0 Å². The molecule has 2 heterocycles. The Hall–Kier alpha value is -0.960. The molecule has 0 bridgehead atoms. The molecule has 2 rings (SSSR count). The molecule has 0 fully saturated rings. The Balaban J connectivity index is 2.95. The highest BCUT2D eigenvalue weighted by Crippen LogP contribution is 2.00. The Bertz CT molecular complexity index is 285. The minimum absolute atomic E-state index is 1.18. The van der Waals surface area contributed by atoms with E-state index in [1.165, 1.54) is 4.83 Å². The monoisotopic (exact) mass is 137 g/mol. The van der Waals surface area contributed by atoms with Crippen LogP contribution in [0, 0.1) is 0 Å². The van der Waals surface area contributed by atoms with E-state index in [2.05, 4.69) is 5.10 Å². The van der Waals surface area contributed by atoms with Crippen molar-refractivity contribution >= 4 is 16.2 Å². The van der Waals surface area contributed by atoms with Gasteiger partial charge in [0.25, 0.3) is 4.83 Å². The molecule has 0 unspecified atom stereocenters. The molecule has 2 aromatic rings. The number of fused-ring (bicyclic) bond motifs is 1. The van der Waals surface area contributed by atoms with Gasteiger partial charge in [0, 0.05) is 6.07 Å². The Morgan fingerprint density at radius 3 is 3.44 bits per heavy atom. The molecule has 0 radical (unpaired) electrons. The molecule has 44 valence electrons. The normalized spacial score (nSPS) is 10.2. The molecule has 2 aromatic heterocycles. The molecule has 3 heteroatoms. The summed E-state index contributed by atoms with van der Waals surface area (Å²) >= 11 is 1.69. The van der Waals surface area contributed by atoms with Crippen LogP contribution in [0.1, 0.15) is 0 Å². The summed E-state index contributed by atoms with van der Waals surface area (Å²) in [5.74, 6) is 0. The van der Waals surface area contributed by atoms with E-state index < -0.39 is 0 Å². The summed E-state index contributed by atoms with van der Waals surface area (Å²) < 4.78 is 1.85. The molecule has 0 saturated carbocycles. The van der Waals surface area contributed by atoms with Crippen molar-refractivity contribution in [1.82, 2.24) is 5.10 Å². The van der Waals surface area contributed by atoms with Crippen molar-refractivity contribution in [3.8, 4) is 0 Å². The SMILES string of the molecule is c1cn[n+]2ccsc2c1. The van der Waals surface area contributed by atoms with Gasteiger partial charge in [-0.1, -0.05) is 11.3 Å². The lowest BCUT2D eigenvalue weighted by Gasteiger charge is -1.72. The lowest BCUT2D eigenvalue weighted by molar-refractivity contribution is -0.576. The second-order valence-corrected chi connectivity index (χ2v) is 2.64. The molecule has 0 aliphatic rings. The Morgan fingerprint density at radius 1 is 1.56 bits per heavy atom. The highest BCUT2D eigenvalue weighted by Gasteiger charge is 1.99. The Morgan fingerprint density at radius 2 is 2.56 bits per heavy atom. The number of hydrogen-bond acceptors (Lipinski definition) is 2. The first-order chi connectivity index (χ1) is 4.47. The number of thiazole rings is 1. The molecule has 0 saturated heterocycles. The maximum absolute atomic E-state index is 4.07. The molecule has 0 aliphatic carbocycles. The van der Waals surface area contributed by atoms with E-state index in [-0.39, 0.29) is 0 Å². The average molecular weight is 137 g/mol. The van der Waals surface area contributed by atoms with Crippen molar-refractivity contribution in [3.63, 3.8) is 0 Å². The molecule has 0 amide bonds. The summed E-state index contributed by atoms with van der Waals surface area (Å²) in [6.45, 7) is 0. The minimum Gasteiger partial charge on any atom is -0.0682 e. The van der Waals surface area contributed by atoms with Crippen LogP contribution in [0.4, 0.5) is 0 Å². The zero-order chi connectivity index (χ0) is 6.10. The van der Waals surface area contributed by atoms with E-state index in [0.29, 0.717) is 0 Å². The molecule has 0 aliphatic heterocycles. The smallest absolute Gasteiger partial charge is 0.0682 e. The van der Waals surface area contributed by atoms with Crippen LogP contribution < -0.4 is 4.52 Å². The molecular formula is C6H5N2S+. The predicted octanol–water partition coefficient (Wildman–Crippen LogP) is 0.882. The van der Waals surface area contributed by atoms with Crippen LogP contribution in [-0.4, -0.2) is 5.10 Å². The first kappa shape index (κ1) is 4.88. The summed E-state index contributed by atoms with van der Waals surface area (Å²) in [6, 6.07) is 3.98. The van der Waals surface area contributed by atoms with Gasteiger partial charge >= 0.3 is 0 Å². The zero-order valence-corrected chi connectivity index (χ0v) is 5.51. The van der Waals surface area contributed by atoms with Crippen molar-refractivity contribution in [3.05, 3.63) is 29.9 Å². The van der Waals surface area contributed by atoms with Gasteiger partial charge < -0.3 is 0 Å². The average Bonchev–Trinajstić information content (AvgIpc) is 2.33. The summed E-state index contributed by atoms with van der Waals surface area (Å²) in [5.41, 5.74) is 0. The standard InChI is InChI=1S/C6H5N2S/c1-2-6-8(7-3-1)4-5-9-6/h1-5H/q+1. The summed E-state index contributed by atoms with van der Waals surface area (Å²) in [5, 5.41) is 6.08. The fourth-order valence-electron chi connectivity index (χ4n) is 0.732. The fourth-order valence-corrected chi connectivity index (χ4v) is 1.42. The third-order valence-electron chi connectivity index (χ3n) is 1.13. The molecule has 2 nitrogen and oxygen atoms in total. The lowest BCUT2D eigenvalue weighted by Crippen LogP contribution is -2.21. The van der Waals surface area contributed by atoms with Crippen LogP contribution in [-0.2, 0) is 0 Å². The van der Waals surface area contributed by atoms with Crippen LogP contribution >= 0.6 is 11.3 Å². The Kier molecular flexibility index (Phi) is 0.960. The van der Waals surface area contributed by atoms with Crippen molar-refractivity contribution in [2.45, 2.75) is 0 Å². The van der Waals surface area contributed by atoms with E-state index in [4.69, 9.17) is 0 Å². The summed E-state index contributed by atoms with van der Waals surface area (Å²) in [7, 11) is 0. The second kappa shape index (κ2) is 1.77. The fraction of sp³-hybridized carbons (Fsp3) is 0. The van der Waals surface area contributed by atoms with Crippen molar-refractivity contribution < 1.29 is 4.52 Å². The number of hydrogen-bond donors (Lipinski definition) is 0. The molecule has 9 heavy (non-hydrogen) atoms. The number of aromatic nitrogens is 2. The van der Waals surface area contributed by atoms with E-state index in [0.717, 1.165) is 0 Å². The van der Waals surface area contributed by atoms with E-state index in [1.54, 1.807) is 17.5 Å². The number of rotatable bonds is 0. The van der Waals surface area contributed by atoms with Crippen molar-refractivity contribution in [2.75, 3.05) is 0 Å². The molecular weight excluding hydrogens is 132 g/mol. The molecule has 0 atom stereocenters. The second-order valence-electron chi connectivity index (χ2n) is 1.71. The first-order valence-corrected chi connectivity index (χ1v) is 3.55. The van der Waals surface area contributed by atoms with Gasteiger partial charge in [0.1, 0.15) is 0 Å². The van der Waals surface area contributed by atoms with Crippen LogP contribution in [0.25, 0.3) is 4.83 Å². The summed E-state index contributed by atoms with van der Waals surface area (Å²) in [4.78, 5) is 1.18. The van der Waals surface area contributed by atoms with Gasteiger partial charge in [-0.15, -0.1) is 0 Å². The third kappa shape index (κ3) is 0.695. The Labute approximate surface area is 56.4 Å². The topological polar surface area (TPSA) is 17.0 Å². The summed E-state index contributed by atoms with van der Waals surface area (Å²) in [6.07, 6.45) is 3.72. The lowest BCUT2D eigenvalue weighted by atomic mass is 10.6. The third-order valence-corrected chi connectivity index (χ3v) is 1.96. The van der Waals surface area contributed by atoms with Gasteiger partial charge in [0.15, 0.2) is 0 Å². The van der Waals surface area contributed by atoms with Crippen molar-refractivity contribution in [2.24, 2.45) is 0 Å². The maximum Gasteiger partial charge on any atom is 0.293 e. The van der Waals surface area contributed by atoms with Gasteiger partial charge in [0.05, 0.1) is 11.6 Å². The largest absolute Gasteiger partial charge is 0.293 e. The van der Waals surface area contributed by atoms with Crippen LogP contribution in [0.15, 0.2) is 29.9 Å².